The van der Waals surface area contributed by atoms with Gasteiger partial charge in [0.2, 0.25) is 5.95 Å². The molecule has 1 aliphatic rings. The topological polar surface area (TPSA) is 94.4 Å². The highest BCUT2D eigenvalue weighted by atomic mass is 16.5. The molecule has 27 heavy (non-hydrogen) atoms. The van der Waals surface area contributed by atoms with Gasteiger partial charge in [0.05, 0.1) is 0 Å². The van der Waals surface area contributed by atoms with Crippen LogP contribution in [0.2, 0.25) is 0 Å². The maximum Gasteiger partial charge on any atom is 0.263 e. The number of carbonyl (C=O) groups excluding carboxylic acids is 1. The number of hydrogen-bond acceptors (Lipinski definition) is 7. The fourth-order valence-electron chi connectivity index (χ4n) is 2.65. The molecule has 1 N–H and O–H groups in total. The molecular weight excluding hydrogens is 344 g/mol. The second-order valence-corrected chi connectivity index (χ2v) is 6.30. The van der Waals surface area contributed by atoms with Gasteiger partial charge in [0.1, 0.15) is 11.6 Å². The number of anilines is 1. The minimum atomic E-state index is -0.333. The molecule has 8 heteroatoms. The fourth-order valence-corrected chi connectivity index (χ4v) is 2.65. The summed E-state index contributed by atoms with van der Waals surface area (Å²) in [4.78, 5) is 24.8. The number of rotatable bonds is 10. The van der Waals surface area contributed by atoms with Crippen molar-refractivity contribution < 1.29 is 9.53 Å². The number of aromatic nitrogens is 2. The van der Waals surface area contributed by atoms with Gasteiger partial charge in [0, 0.05) is 64.5 Å². The van der Waals surface area contributed by atoms with E-state index < -0.39 is 0 Å². The van der Waals surface area contributed by atoms with Crippen LogP contribution in [0, 0.1) is 11.3 Å². The first-order valence-corrected chi connectivity index (χ1v) is 9.48. The molecule has 8 nitrogen and oxygen atoms in total. The number of amides is 1. The van der Waals surface area contributed by atoms with Gasteiger partial charge >= 0.3 is 0 Å². The van der Waals surface area contributed by atoms with Crippen molar-refractivity contribution in [3.05, 3.63) is 30.2 Å². The predicted molar refractivity (Wildman–Crippen MR) is 103 cm³/mol. The summed E-state index contributed by atoms with van der Waals surface area (Å²) < 4.78 is 5.46. The molecule has 0 saturated carbocycles. The minimum Gasteiger partial charge on any atom is -0.381 e. The number of ether oxygens (including phenoxy) is 1. The van der Waals surface area contributed by atoms with E-state index in [9.17, 15) is 10.1 Å². The molecule has 1 amide bonds. The van der Waals surface area contributed by atoms with Gasteiger partial charge in [0.25, 0.3) is 5.91 Å². The van der Waals surface area contributed by atoms with Crippen molar-refractivity contribution in [3.8, 4) is 6.07 Å². The molecular formula is C19H28N6O2. The molecule has 1 aromatic rings. The van der Waals surface area contributed by atoms with E-state index in [0.29, 0.717) is 32.2 Å². The standard InChI is InChI=1S/C19H28N6O2/c1-2-3-13-27-14-5-8-21-18(26)17(15-20)16-24-9-11-25(12-10-24)19-22-6-4-7-23-19/h4,6-7,16H,2-3,5,8-14H2,1H3,(H,21,26)/b17-16-. The molecule has 0 aromatic carbocycles. The third-order valence-corrected chi connectivity index (χ3v) is 4.22. The zero-order valence-corrected chi connectivity index (χ0v) is 15.9. The molecule has 0 aliphatic carbocycles. The van der Waals surface area contributed by atoms with Crippen LogP contribution >= 0.6 is 0 Å². The van der Waals surface area contributed by atoms with Crippen LogP contribution in [0.5, 0.6) is 0 Å². The Bertz CT molecular complexity index is 635. The van der Waals surface area contributed by atoms with Gasteiger partial charge in [-0.25, -0.2) is 9.97 Å². The Morgan fingerprint density at radius 1 is 1.26 bits per heavy atom. The lowest BCUT2D eigenvalue weighted by atomic mass is 10.2. The number of unbranched alkanes of at least 4 members (excludes halogenated alkanes) is 1. The molecule has 2 rings (SSSR count). The second kappa shape index (κ2) is 11.9. The number of nitriles is 1. The largest absolute Gasteiger partial charge is 0.381 e. The first-order valence-electron chi connectivity index (χ1n) is 9.48. The lowest BCUT2D eigenvalue weighted by Gasteiger charge is -2.34. The zero-order chi connectivity index (χ0) is 19.3. The van der Waals surface area contributed by atoms with E-state index in [2.05, 4.69) is 27.1 Å². The molecule has 0 radical (unpaired) electrons. The highest BCUT2D eigenvalue weighted by Crippen LogP contribution is 2.10. The van der Waals surface area contributed by atoms with E-state index in [1.54, 1.807) is 24.7 Å². The van der Waals surface area contributed by atoms with Gasteiger partial charge in [-0.2, -0.15) is 5.26 Å². The van der Waals surface area contributed by atoms with E-state index in [4.69, 9.17) is 4.74 Å². The average Bonchev–Trinajstić information content (AvgIpc) is 2.72. The van der Waals surface area contributed by atoms with Crippen molar-refractivity contribution in [3.63, 3.8) is 0 Å². The van der Waals surface area contributed by atoms with Crippen molar-refractivity contribution in [2.75, 3.05) is 50.8 Å². The van der Waals surface area contributed by atoms with Crippen LogP contribution in [0.3, 0.4) is 0 Å². The molecule has 1 aromatic heterocycles. The average molecular weight is 372 g/mol. The van der Waals surface area contributed by atoms with Crippen LogP contribution in [0.15, 0.2) is 30.2 Å². The Hall–Kier alpha value is -2.66. The van der Waals surface area contributed by atoms with Crippen LogP contribution in [-0.2, 0) is 9.53 Å². The van der Waals surface area contributed by atoms with Crippen molar-refractivity contribution in [1.82, 2.24) is 20.2 Å². The normalized spacial score (nSPS) is 14.7. The van der Waals surface area contributed by atoms with Gasteiger partial charge in [-0.05, 0) is 18.9 Å². The number of hydrogen-bond donors (Lipinski definition) is 1. The summed E-state index contributed by atoms with van der Waals surface area (Å²) in [7, 11) is 0. The van der Waals surface area contributed by atoms with Crippen LogP contribution in [0.4, 0.5) is 5.95 Å². The molecule has 0 spiro atoms. The van der Waals surface area contributed by atoms with E-state index in [0.717, 1.165) is 39.0 Å². The van der Waals surface area contributed by atoms with Crippen LogP contribution in [0.1, 0.15) is 26.2 Å². The van der Waals surface area contributed by atoms with Crippen LogP contribution in [0.25, 0.3) is 0 Å². The molecule has 0 atom stereocenters. The molecule has 146 valence electrons. The Morgan fingerprint density at radius 2 is 1.96 bits per heavy atom. The Morgan fingerprint density at radius 3 is 2.63 bits per heavy atom. The summed E-state index contributed by atoms with van der Waals surface area (Å²) >= 11 is 0. The smallest absolute Gasteiger partial charge is 0.263 e. The number of nitrogens with one attached hydrogen (secondary N) is 1. The monoisotopic (exact) mass is 372 g/mol. The predicted octanol–water partition coefficient (Wildman–Crippen LogP) is 1.33. The zero-order valence-electron chi connectivity index (χ0n) is 15.9. The molecule has 2 heterocycles. The Balaban J connectivity index is 1.72. The molecule has 1 aliphatic heterocycles. The number of carbonyl (C=O) groups is 1. The van der Waals surface area contributed by atoms with Gasteiger partial charge in [-0.1, -0.05) is 13.3 Å². The molecule has 1 saturated heterocycles. The van der Waals surface area contributed by atoms with Crippen LogP contribution in [-0.4, -0.2) is 66.7 Å². The summed E-state index contributed by atoms with van der Waals surface area (Å²) in [5.41, 5.74) is 0.131. The van der Waals surface area contributed by atoms with E-state index >= 15 is 0 Å². The third-order valence-electron chi connectivity index (χ3n) is 4.22. The highest BCUT2D eigenvalue weighted by Gasteiger charge is 2.18. The SMILES string of the molecule is CCCCOCCCNC(=O)/C(C#N)=C\N1CCN(c2ncccn2)CC1. The summed E-state index contributed by atoms with van der Waals surface area (Å²) in [6.07, 6.45) is 8.00. The lowest BCUT2D eigenvalue weighted by molar-refractivity contribution is -0.117. The van der Waals surface area contributed by atoms with Crippen molar-refractivity contribution >= 4 is 11.9 Å². The molecule has 0 bridgehead atoms. The van der Waals surface area contributed by atoms with Crippen LogP contribution < -0.4 is 10.2 Å². The number of piperazine rings is 1. The first kappa shape index (κ1) is 20.6. The summed E-state index contributed by atoms with van der Waals surface area (Å²) in [5, 5.41) is 12.1. The Labute approximate surface area is 160 Å². The lowest BCUT2D eigenvalue weighted by Crippen LogP contribution is -2.45. The van der Waals surface area contributed by atoms with Gasteiger partial charge in [-0.3, -0.25) is 4.79 Å². The first-order chi connectivity index (χ1) is 13.2. The van der Waals surface area contributed by atoms with Gasteiger partial charge in [0.15, 0.2) is 0 Å². The summed E-state index contributed by atoms with van der Waals surface area (Å²) in [5.74, 6) is 0.375. The fraction of sp³-hybridized carbons (Fsp3) is 0.579. The second-order valence-electron chi connectivity index (χ2n) is 6.30. The van der Waals surface area contributed by atoms with Crippen molar-refractivity contribution in [2.24, 2.45) is 0 Å². The maximum atomic E-state index is 12.2. The van der Waals surface area contributed by atoms with Gasteiger partial charge in [-0.15, -0.1) is 0 Å². The maximum absolute atomic E-state index is 12.2. The van der Waals surface area contributed by atoms with E-state index in [1.165, 1.54) is 0 Å². The number of nitrogens with zero attached hydrogens (tertiary/aromatic N) is 5. The Kier molecular flexibility index (Phi) is 9.07. The van der Waals surface area contributed by atoms with Crippen molar-refractivity contribution in [1.29, 1.82) is 5.26 Å². The molecule has 1 fully saturated rings. The van der Waals surface area contributed by atoms with Crippen molar-refractivity contribution in [2.45, 2.75) is 26.2 Å². The summed E-state index contributed by atoms with van der Waals surface area (Å²) in [6.45, 7) is 6.91. The van der Waals surface area contributed by atoms with E-state index in [-0.39, 0.29) is 11.5 Å². The summed E-state index contributed by atoms with van der Waals surface area (Å²) in [6, 6.07) is 3.79. The minimum absolute atomic E-state index is 0.131. The quantitative estimate of drug-likeness (QED) is 0.376. The third kappa shape index (κ3) is 7.23. The molecule has 0 unspecified atom stereocenters. The van der Waals surface area contributed by atoms with E-state index in [1.807, 2.05) is 11.0 Å². The highest BCUT2D eigenvalue weighted by molar-refractivity contribution is 5.97. The van der Waals surface area contributed by atoms with Gasteiger partial charge < -0.3 is 19.9 Å².